The van der Waals surface area contributed by atoms with Crippen molar-refractivity contribution >= 4 is 7.82 Å². The molecule has 200 valence electrons. The van der Waals surface area contributed by atoms with Crippen LogP contribution in [0.3, 0.4) is 0 Å². The molecule has 0 saturated carbocycles. The van der Waals surface area contributed by atoms with Crippen molar-refractivity contribution in [3.05, 3.63) is 35.1 Å². The summed E-state index contributed by atoms with van der Waals surface area (Å²) in [5.41, 5.74) is 0.758. The Morgan fingerprint density at radius 2 is 1.49 bits per heavy atom. The number of hydrogen-bond acceptors (Lipinski definition) is 5. The fourth-order valence-electron chi connectivity index (χ4n) is 4.02. The van der Waals surface area contributed by atoms with Gasteiger partial charge in [0.1, 0.15) is 5.82 Å². The van der Waals surface area contributed by atoms with Crippen molar-refractivity contribution in [1.82, 2.24) is 0 Å². The van der Waals surface area contributed by atoms with Gasteiger partial charge in [-0.2, -0.15) is 5.26 Å². The fourth-order valence-corrected chi connectivity index (χ4v) is 4.48. The number of hydrogen-bond donors (Lipinski definition) is 1. The van der Waals surface area contributed by atoms with Crippen molar-refractivity contribution in [3.8, 4) is 6.07 Å². The van der Waals surface area contributed by atoms with Gasteiger partial charge < -0.3 is 9.63 Å². The Kier molecular flexibility index (Phi) is 18.0. The molecule has 0 bridgehead atoms. The monoisotopic (exact) mass is 513 g/mol. The van der Waals surface area contributed by atoms with E-state index < -0.39 is 19.7 Å². The van der Waals surface area contributed by atoms with E-state index in [1.54, 1.807) is 6.07 Å². The van der Waals surface area contributed by atoms with Gasteiger partial charge in [0.05, 0.1) is 31.0 Å². The largest absolute Gasteiger partial charge is 0.472 e. The summed E-state index contributed by atoms with van der Waals surface area (Å²) in [5, 5.41) is 9.01. The first-order valence-corrected chi connectivity index (χ1v) is 14.7. The number of nitriles is 1. The molecule has 0 amide bonds. The van der Waals surface area contributed by atoms with Gasteiger partial charge in [0.2, 0.25) is 0 Å². The minimum absolute atomic E-state index is 0.0851. The summed E-state index contributed by atoms with van der Waals surface area (Å²) in [6.07, 6.45) is 18.0. The lowest BCUT2D eigenvalue weighted by molar-refractivity contribution is -0.00516. The number of rotatable bonds is 22. The summed E-state index contributed by atoms with van der Waals surface area (Å²) in [6.45, 7) is 2.24. The number of phosphoric acid groups is 1. The summed E-state index contributed by atoms with van der Waals surface area (Å²) in [4.78, 5) is 9.53. The molecule has 2 atom stereocenters. The molecule has 1 aromatic rings. The highest BCUT2D eigenvalue weighted by Crippen LogP contribution is 2.42. The molecule has 0 radical (unpaired) electrons. The van der Waals surface area contributed by atoms with Gasteiger partial charge in [-0.15, -0.1) is 0 Å². The third kappa shape index (κ3) is 16.9. The molecule has 1 unspecified atom stereocenters. The van der Waals surface area contributed by atoms with Gasteiger partial charge >= 0.3 is 7.82 Å². The third-order valence-corrected chi connectivity index (χ3v) is 7.04. The highest BCUT2D eigenvalue weighted by molar-refractivity contribution is 7.47. The second kappa shape index (κ2) is 19.8. The molecule has 1 rings (SSSR count). The topological polar surface area (TPSA) is 88.8 Å². The minimum Gasteiger partial charge on any atom is -0.371 e. The van der Waals surface area contributed by atoms with E-state index in [1.807, 2.05) is 6.07 Å². The Balaban J connectivity index is 2.26. The lowest BCUT2D eigenvalue weighted by Crippen LogP contribution is -2.19. The Hall–Kier alpha value is -1.29. The van der Waals surface area contributed by atoms with Gasteiger partial charge in [-0.25, -0.2) is 8.96 Å². The van der Waals surface area contributed by atoms with Crippen molar-refractivity contribution in [2.45, 2.75) is 116 Å². The normalized spacial score (nSPS) is 13.9. The zero-order valence-corrected chi connectivity index (χ0v) is 22.6. The summed E-state index contributed by atoms with van der Waals surface area (Å²) in [5.74, 6) is -0.498. The van der Waals surface area contributed by atoms with Crippen molar-refractivity contribution in [2.24, 2.45) is 0 Å². The molecule has 0 spiro atoms. The Bertz CT molecular complexity index is 770. The Morgan fingerprint density at radius 1 is 0.943 bits per heavy atom. The van der Waals surface area contributed by atoms with E-state index in [0.717, 1.165) is 26.4 Å². The molecule has 35 heavy (non-hydrogen) atoms. The maximum Gasteiger partial charge on any atom is 0.472 e. The lowest BCUT2D eigenvalue weighted by Gasteiger charge is -2.19. The fraction of sp³-hybridized carbons (Fsp3) is 0.741. The first-order valence-electron chi connectivity index (χ1n) is 13.2. The second-order valence-electron chi connectivity index (χ2n) is 9.22. The van der Waals surface area contributed by atoms with Crippen LogP contribution in [0, 0.1) is 17.1 Å². The van der Waals surface area contributed by atoms with Crippen molar-refractivity contribution < 1.29 is 27.6 Å². The quantitative estimate of drug-likeness (QED) is 0.124. The summed E-state index contributed by atoms with van der Waals surface area (Å²) in [7, 11) is -2.99. The van der Waals surface area contributed by atoms with Gasteiger partial charge in [-0.05, 0) is 30.2 Å². The van der Waals surface area contributed by atoms with E-state index in [9.17, 15) is 13.8 Å². The molecule has 6 nitrogen and oxygen atoms in total. The van der Waals surface area contributed by atoms with E-state index in [1.165, 1.54) is 82.8 Å². The average Bonchev–Trinajstić information content (AvgIpc) is 2.85. The van der Waals surface area contributed by atoms with Crippen LogP contribution < -0.4 is 0 Å². The molecular weight excluding hydrogens is 468 g/mol. The van der Waals surface area contributed by atoms with Gasteiger partial charge in [0.25, 0.3) is 0 Å². The summed E-state index contributed by atoms with van der Waals surface area (Å²) in [6, 6.07) is 5.98. The number of nitrogens with zero attached hydrogens (tertiary/aromatic N) is 1. The van der Waals surface area contributed by atoms with Crippen LogP contribution in [0.5, 0.6) is 0 Å². The van der Waals surface area contributed by atoms with E-state index in [0.29, 0.717) is 12.0 Å². The number of ether oxygens (including phenoxy) is 1. The number of benzene rings is 1. The molecule has 0 aliphatic rings. The minimum atomic E-state index is -4.10. The highest BCUT2D eigenvalue weighted by Gasteiger charge is 2.22. The van der Waals surface area contributed by atoms with Crippen molar-refractivity contribution in [3.63, 3.8) is 0 Å². The SMILES string of the molecule is CCCCCCCCCCCCCCCC[C@H](COP(=O)(O)OC)OCc1cc(F)cc(C#N)c1. The van der Waals surface area contributed by atoms with Gasteiger partial charge in [-0.3, -0.25) is 9.05 Å². The van der Waals surface area contributed by atoms with Crippen molar-refractivity contribution in [1.29, 1.82) is 5.26 Å². The van der Waals surface area contributed by atoms with Gasteiger partial charge in [0, 0.05) is 7.11 Å². The van der Waals surface area contributed by atoms with Crippen LogP contribution in [0.15, 0.2) is 18.2 Å². The van der Waals surface area contributed by atoms with Crippen LogP contribution >= 0.6 is 7.82 Å². The first kappa shape index (κ1) is 31.7. The molecule has 0 aliphatic carbocycles. The number of halogens is 1. The van der Waals surface area contributed by atoms with E-state index in [4.69, 9.17) is 14.5 Å². The van der Waals surface area contributed by atoms with Gasteiger partial charge in [-0.1, -0.05) is 96.8 Å². The zero-order valence-electron chi connectivity index (χ0n) is 21.7. The smallest absolute Gasteiger partial charge is 0.371 e. The molecular formula is C27H45FNO5P. The average molecular weight is 514 g/mol. The lowest BCUT2D eigenvalue weighted by atomic mass is 10.0. The number of unbranched alkanes of at least 4 members (excludes halogenated alkanes) is 13. The summed E-state index contributed by atoms with van der Waals surface area (Å²) >= 11 is 0. The van der Waals surface area contributed by atoms with Crippen molar-refractivity contribution in [2.75, 3.05) is 13.7 Å². The Morgan fingerprint density at radius 3 is 2.00 bits per heavy atom. The van der Waals surface area contributed by atoms with Crippen LogP contribution in [0.2, 0.25) is 0 Å². The van der Waals surface area contributed by atoms with Gasteiger partial charge in [0.15, 0.2) is 0 Å². The first-order chi connectivity index (χ1) is 16.9. The van der Waals surface area contributed by atoms with Crippen LogP contribution in [-0.4, -0.2) is 24.7 Å². The molecule has 1 aromatic carbocycles. The van der Waals surface area contributed by atoms with Crippen LogP contribution in [0.25, 0.3) is 0 Å². The Labute approximate surface area is 211 Å². The van der Waals surface area contributed by atoms with Crippen LogP contribution in [0.1, 0.15) is 114 Å². The molecule has 8 heteroatoms. The highest BCUT2D eigenvalue weighted by atomic mass is 31.2. The van der Waals surface area contributed by atoms with E-state index >= 15 is 0 Å². The summed E-state index contributed by atoms with van der Waals surface area (Å²) < 4.78 is 40.6. The predicted molar refractivity (Wildman–Crippen MR) is 137 cm³/mol. The van der Waals surface area contributed by atoms with Crippen LogP contribution in [-0.2, 0) is 25.0 Å². The maximum atomic E-state index is 13.7. The number of phosphoric ester groups is 1. The van der Waals surface area contributed by atoms with E-state index in [-0.39, 0.29) is 18.8 Å². The molecule has 0 saturated heterocycles. The third-order valence-electron chi connectivity index (χ3n) is 6.11. The molecule has 0 heterocycles. The second-order valence-corrected chi connectivity index (χ2v) is 10.8. The van der Waals surface area contributed by atoms with Crippen LogP contribution in [0.4, 0.5) is 4.39 Å². The standard InChI is InChI=1S/C27H45FNO5P/c1-3-4-5-6-7-8-9-10-11-12-13-14-15-16-17-27(23-34-35(30,31)32-2)33-22-25-18-24(21-29)19-26(28)20-25/h18-20,27H,3-17,22-23H2,1-2H3,(H,30,31)/t27-/m1/s1. The maximum absolute atomic E-state index is 13.7. The molecule has 0 fully saturated rings. The molecule has 0 aromatic heterocycles. The molecule has 1 N–H and O–H groups in total. The zero-order chi connectivity index (χ0) is 25.8. The van der Waals surface area contributed by atoms with E-state index in [2.05, 4.69) is 11.4 Å². The molecule has 0 aliphatic heterocycles. The predicted octanol–water partition coefficient (Wildman–Crippen LogP) is 8.22.